The lowest BCUT2D eigenvalue weighted by Gasteiger charge is -2.13. The highest BCUT2D eigenvalue weighted by atomic mass is 32.2. The Balaban J connectivity index is 1.73. The van der Waals surface area contributed by atoms with Gasteiger partial charge in [-0.05, 0) is 62.2 Å². The first-order chi connectivity index (χ1) is 16.5. The molecule has 0 bridgehead atoms. The maximum atomic E-state index is 13.1. The van der Waals surface area contributed by atoms with E-state index in [9.17, 15) is 4.79 Å². The van der Waals surface area contributed by atoms with Crippen LogP contribution in [0.15, 0.2) is 59.6 Å². The largest absolute Gasteiger partial charge is 0.494 e. The molecule has 0 N–H and O–H groups in total. The van der Waals surface area contributed by atoms with Crippen molar-refractivity contribution in [2.24, 2.45) is 0 Å². The lowest BCUT2D eigenvalue weighted by Crippen LogP contribution is -2.28. The number of para-hydroxylation sites is 1. The van der Waals surface area contributed by atoms with E-state index in [2.05, 4.69) is 13.0 Å². The Morgan fingerprint density at radius 3 is 2.62 bits per heavy atom. The first-order valence-corrected chi connectivity index (χ1v) is 12.9. The standard InChI is InChI=1S/C27H29N3O2S2/c1-4-6-10-15-29-26(31)24(34-27(29)33)17-21-18-30(22-11-8-7-9-12-22)28-25(21)20-13-14-23(32-5-2)19(3)16-20/h7-9,11-14,16-18H,4-6,10,15H2,1-3H3. The Kier molecular flexibility index (Phi) is 7.85. The molecule has 1 aromatic heterocycles. The normalized spacial score (nSPS) is 14.9. The number of carbonyl (C=O) groups is 1. The number of amides is 1. The monoisotopic (exact) mass is 491 g/mol. The highest BCUT2D eigenvalue weighted by molar-refractivity contribution is 8.26. The van der Waals surface area contributed by atoms with Gasteiger partial charge >= 0.3 is 0 Å². The Hall–Kier alpha value is -2.90. The van der Waals surface area contributed by atoms with Crippen LogP contribution in [0.4, 0.5) is 0 Å². The van der Waals surface area contributed by atoms with E-state index in [0.29, 0.717) is 22.4 Å². The number of aryl methyl sites for hydroxylation is 1. The SMILES string of the molecule is CCCCCN1C(=O)C(=Cc2cn(-c3ccccc3)nc2-c2ccc(OCC)c(C)c2)SC1=S. The number of carbonyl (C=O) groups excluding carboxylic acids is 1. The van der Waals surface area contributed by atoms with E-state index in [4.69, 9.17) is 22.1 Å². The molecule has 1 aliphatic heterocycles. The van der Waals surface area contributed by atoms with Crippen LogP contribution in [-0.4, -0.2) is 38.1 Å². The predicted molar refractivity (Wildman–Crippen MR) is 144 cm³/mol. The number of benzene rings is 2. The van der Waals surface area contributed by atoms with Crippen LogP contribution in [0.1, 0.15) is 44.2 Å². The van der Waals surface area contributed by atoms with Crippen molar-refractivity contribution in [3.8, 4) is 22.7 Å². The van der Waals surface area contributed by atoms with Crippen molar-refractivity contribution in [1.82, 2.24) is 14.7 Å². The minimum atomic E-state index is -0.0209. The zero-order valence-electron chi connectivity index (χ0n) is 19.8. The number of rotatable bonds is 9. The number of nitrogens with zero attached hydrogens (tertiary/aromatic N) is 3. The van der Waals surface area contributed by atoms with Crippen molar-refractivity contribution in [3.05, 3.63) is 70.8 Å². The van der Waals surface area contributed by atoms with Crippen molar-refractivity contribution in [1.29, 1.82) is 0 Å². The second kappa shape index (κ2) is 11.0. The Morgan fingerprint density at radius 2 is 1.91 bits per heavy atom. The number of hydrogen-bond acceptors (Lipinski definition) is 5. The summed E-state index contributed by atoms with van der Waals surface area (Å²) in [5.74, 6) is 0.843. The van der Waals surface area contributed by atoms with Gasteiger partial charge in [0.2, 0.25) is 0 Å². The van der Waals surface area contributed by atoms with E-state index < -0.39 is 0 Å². The van der Waals surface area contributed by atoms with Gasteiger partial charge in [0.1, 0.15) is 15.8 Å². The molecule has 34 heavy (non-hydrogen) atoms. The highest BCUT2D eigenvalue weighted by Gasteiger charge is 2.32. The van der Waals surface area contributed by atoms with Gasteiger partial charge in [0.25, 0.3) is 5.91 Å². The predicted octanol–water partition coefficient (Wildman–Crippen LogP) is 6.64. The number of unbranched alkanes of at least 4 members (excludes halogenated alkanes) is 2. The van der Waals surface area contributed by atoms with E-state index >= 15 is 0 Å². The topological polar surface area (TPSA) is 47.4 Å². The zero-order valence-corrected chi connectivity index (χ0v) is 21.4. The van der Waals surface area contributed by atoms with Crippen LogP contribution in [0, 0.1) is 6.92 Å². The second-order valence-corrected chi connectivity index (χ2v) is 9.84. The average molecular weight is 492 g/mol. The molecule has 1 aliphatic rings. The molecule has 2 heterocycles. The number of thiocarbonyl (C=S) groups is 1. The van der Waals surface area contributed by atoms with E-state index in [1.807, 2.05) is 73.3 Å². The third kappa shape index (κ3) is 5.26. The minimum Gasteiger partial charge on any atom is -0.494 e. The van der Waals surface area contributed by atoms with Crippen molar-refractivity contribution in [3.63, 3.8) is 0 Å². The fourth-order valence-electron chi connectivity index (χ4n) is 3.90. The lowest BCUT2D eigenvalue weighted by atomic mass is 10.0. The molecule has 0 radical (unpaired) electrons. The molecule has 7 heteroatoms. The summed E-state index contributed by atoms with van der Waals surface area (Å²) in [5.41, 5.74) is 4.66. The summed E-state index contributed by atoms with van der Waals surface area (Å²) >= 11 is 6.88. The minimum absolute atomic E-state index is 0.0209. The van der Waals surface area contributed by atoms with Crippen molar-refractivity contribution >= 4 is 40.3 Å². The molecule has 0 spiro atoms. The molecule has 5 nitrogen and oxygen atoms in total. The van der Waals surface area contributed by atoms with E-state index in [1.165, 1.54) is 11.8 Å². The average Bonchev–Trinajstić information content (AvgIpc) is 3.37. The lowest BCUT2D eigenvalue weighted by molar-refractivity contribution is -0.122. The number of hydrogen-bond donors (Lipinski definition) is 0. The van der Waals surface area contributed by atoms with Crippen molar-refractivity contribution in [2.45, 2.75) is 40.0 Å². The molecule has 0 atom stereocenters. The van der Waals surface area contributed by atoms with Gasteiger partial charge in [0.05, 0.1) is 17.2 Å². The van der Waals surface area contributed by atoms with E-state index in [-0.39, 0.29) is 5.91 Å². The van der Waals surface area contributed by atoms with E-state index in [0.717, 1.165) is 53.1 Å². The Labute approximate surface area is 210 Å². The van der Waals surface area contributed by atoms with Gasteiger partial charge in [-0.2, -0.15) is 5.10 Å². The third-order valence-electron chi connectivity index (χ3n) is 5.66. The van der Waals surface area contributed by atoms with Crippen molar-refractivity contribution < 1.29 is 9.53 Å². The summed E-state index contributed by atoms with van der Waals surface area (Å²) in [6, 6.07) is 16.0. The van der Waals surface area contributed by atoms with Gasteiger partial charge in [-0.25, -0.2) is 4.68 Å². The Bertz CT molecular complexity index is 1220. The summed E-state index contributed by atoms with van der Waals surface area (Å²) in [7, 11) is 0. The summed E-state index contributed by atoms with van der Waals surface area (Å²) in [4.78, 5) is 15.5. The van der Waals surface area contributed by atoms with Gasteiger partial charge in [0.15, 0.2) is 0 Å². The fraction of sp³-hybridized carbons (Fsp3) is 0.296. The van der Waals surface area contributed by atoms with Crippen LogP contribution in [0.5, 0.6) is 5.75 Å². The van der Waals surface area contributed by atoms with Crippen LogP contribution in [0.2, 0.25) is 0 Å². The van der Waals surface area contributed by atoms with Gasteiger partial charge in [0, 0.05) is 23.9 Å². The fourth-order valence-corrected chi connectivity index (χ4v) is 5.20. The quantitative estimate of drug-likeness (QED) is 0.191. The third-order valence-corrected chi connectivity index (χ3v) is 7.03. The maximum absolute atomic E-state index is 13.1. The van der Waals surface area contributed by atoms with Gasteiger partial charge in [-0.15, -0.1) is 0 Å². The summed E-state index contributed by atoms with van der Waals surface area (Å²) in [6.07, 6.45) is 7.04. The molecule has 0 saturated carbocycles. The molecule has 3 aromatic rings. The molecular weight excluding hydrogens is 462 g/mol. The van der Waals surface area contributed by atoms with Crippen LogP contribution in [0.25, 0.3) is 23.0 Å². The van der Waals surface area contributed by atoms with Gasteiger partial charge in [-0.3, -0.25) is 9.69 Å². The Morgan fingerprint density at radius 1 is 1.12 bits per heavy atom. The summed E-state index contributed by atoms with van der Waals surface area (Å²) in [5, 5.41) is 4.90. The molecule has 1 amide bonds. The molecule has 0 unspecified atom stereocenters. The smallest absolute Gasteiger partial charge is 0.266 e. The first kappa shape index (κ1) is 24.2. The molecule has 176 valence electrons. The summed E-state index contributed by atoms with van der Waals surface area (Å²) < 4.78 is 8.19. The van der Waals surface area contributed by atoms with Crippen LogP contribution >= 0.6 is 24.0 Å². The van der Waals surface area contributed by atoms with Crippen LogP contribution in [0.3, 0.4) is 0 Å². The second-order valence-electron chi connectivity index (χ2n) is 8.17. The van der Waals surface area contributed by atoms with Crippen LogP contribution < -0.4 is 4.74 Å². The number of ether oxygens (including phenoxy) is 1. The highest BCUT2D eigenvalue weighted by Crippen LogP contribution is 2.36. The summed E-state index contributed by atoms with van der Waals surface area (Å²) in [6.45, 7) is 7.45. The molecule has 2 aromatic carbocycles. The zero-order chi connectivity index (χ0) is 24.1. The first-order valence-electron chi connectivity index (χ1n) is 11.7. The molecule has 4 rings (SSSR count). The molecule has 0 aliphatic carbocycles. The van der Waals surface area contributed by atoms with Gasteiger partial charge in [-0.1, -0.05) is 61.9 Å². The van der Waals surface area contributed by atoms with Gasteiger partial charge < -0.3 is 4.74 Å². The number of aromatic nitrogens is 2. The van der Waals surface area contributed by atoms with Crippen LogP contribution in [-0.2, 0) is 4.79 Å². The molecular formula is C27H29N3O2S2. The van der Waals surface area contributed by atoms with E-state index in [1.54, 1.807) is 4.90 Å². The molecule has 1 fully saturated rings. The number of thioether (sulfide) groups is 1. The maximum Gasteiger partial charge on any atom is 0.266 e. The van der Waals surface area contributed by atoms with Crippen molar-refractivity contribution in [2.75, 3.05) is 13.2 Å². The molecule has 1 saturated heterocycles.